The predicted molar refractivity (Wildman–Crippen MR) is 93.9 cm³/mol. The van der Waals surface area contributed by atoms with Gasteiger partial charge in [0.15, 0.2) is 0 Å². The molecule has 1 atom stereocenters. The van der Waals surface area contributed by atoms with Gasteiger partial charge in [-0.2, -0.15) is 4.31 Å². The van der Waals surface area contributed by atoms with E-state index in [9.17, 15) is 17.6 Å². The van der Waals surface area contributed by atoms with Crippen LogP contribution in [0.4, 0.5) is 4.39 Å². The molecule has 1 aromatic rings. The van der Waals surface area contributed by atoms with Crippen LogP contribution in [0.2, 0.25) is 0 Å². The summed E-state index contributed by atoms with van der Waals surface area (Å²) in [6.07, 6.45) is 0.810. The molecule has 9 heteroatoms. The van der Waals surface area contributed by atoms with Crippen molar-refractivity contribution in [2.45, 2.75) is 30.7 Å². The van der Waals surface area contributed by atoms with Gasteiger partial charge in [0.25, 0.3) is 0 Å². The first-order valence-corrected chi connectivity index (χ1v) is 9.86. The fraction of sp³-hybridized carbons (Fsp3) is 0.588. The highest BCUT2D eigenvalue weighted by Gasteiger charge is 2.34. The van der Waals surface area contributed by atoms with Gasteiger partial charge in [0.1, 0.15) is 16.5 Å². The average molecular weight is 388 g/mol. The molecule has 1 aromatic carbocycles. The number of benzene rings is 1. The lowest BCUT2D eigenvalue weighted by Crippen LogP contribution is -2.45. The minimum absolute atomic E-state index is 0.0969. The van der Waals surface area contributed by atoms with Crippen LogP contribution in [0.1, 0.15) is 19.8 Å². The van der Waals surface area contributed by atoms with Crippen molar-refractivity contribution < 1.29 is 27.1 Å². The van der Waals surface area contributed by atoms with E-state index >= 15 is 0 Å². The van der Waals surface area contributed by atoms with Crippen molar-refractivity contribution in [3.63, 3.8) is 0 Å². The topological polar surface area (TPSA) is 84.9 Å². The number of carbonyl (C=O) groups excluding carboxylic acids is 1. The van der Waals surface area contributed by atoms with Gasteiger partial charge in [-0.1, -0.05) is 0 Å². The quantitative estimate of drug-likeness (QED) is 0.763. The first-order valence-electron chi connectivity index (χ1n) is 8.42. The Bertz CT molecular complexity index is 733. The zero-order valence-electron chi connectivity index (χ0n) is 15.2. The molecule has 0 bridgehead atoms. The highest BCUT2D eigenvalue weighted by Crippen LogP contribution is 2.30. The zero-order chi connectivity index (χ0) is 19.3. The molecule has 1 saturated heterocycles. The van der Waals surface area contributed by atoms with Crippen LogP contribution in [0.15, 0.2) is 23.1 Å². The first-order chi connectivity index (χ1) is 12.3. The molecule has 7 nitrogen and oxygen atoms in total. The molecule has 0 radical (unpaired) electrons. The van der Waals surface area contributed by atoms with E-state index in [2.05, 4.69) is 5.32 Å². The second kappa shape index (κ2) is 8.79. The number of carbonyl (C=O) groups is 1. The van der Waals surface area contributed by atoms with Gasteiger partial charge in [-0.15, -0.1) is 0 Å². The molecule has 0 aromatic heterocycles. The summed E-state index contributed by atoms with van der Waals surface area (Å²) < 4.78 is 50.5. The third-order valence-electron chi connectivity index (χ3n) is 4.37. The lowest BCUT2D eigenvalue weighted by Gasteiger charge is -2.31. The van der Waals surface area contributed by atoms with Gasteiger partial charge < -0.3 is 14.8 Å². The Morgan fingerprint density at radius 3 is 2.58 bits per heavy atom. The number of piperidine rings is 1. The van der Waals surface area contributed by atoms with Crippen LogP contribution in [0, 0.1) is 11.7 Å². The fourth-order valence-electron chi connectivity index (χ4n) is 3.00. The third-order valence-corrected chi connectivity index (χ3v) is 6.29. The van der Waals surface area contributed by atoms with Crippen molar-refractivity contribution >= 4 is 15.9 Å². The molecule has 1 amide bonds. The van der Waals surface area contributed by atoms with E-state index in [0.29, 0.717) is 19.4 Å². The van der Waals surface area contributed by atoms with Gasteiger partial charge in [0.05, 0.1) is 13.7 Å². The molecular weight excluding hydrogens is 363 g/mol. The van der Waals surface area contributed by atoms with E-state index in [4.69, 9.17) is 9.47 Å². The van der Waals surface area contributed by atoms with E-state index < -0.39 is 15.8 Å². The molecule has 0 aliphatic carbocycles. The predicted octanol–water partition coefficient (Wildman–Crippen LogP) is 1.39. The summed E-state index contributed by atoms with van der Waals surface area (Å²) in [5.41, 5.74) is 0. The van der Waals surface area contributed by atoms with Crippen LogP contribution >= 0.6 is 0 Å². The standard InChI is InChI=1S/C17H25FN2O5S/c1-12(11-24-2)19-17(21)13-6-8-20(9-7-13)26(22,23)16-10-14(18)4-5-15(16)25-3/h4-5,10,12-13H,6-9,11H2,1-3H3,(H,19,21)/t12-/m0/s1. The summed E-state index contributed by atoms with van der Waals surface area (Å²) in [6, 6.07) is 3.29. The molecule has 1 N–H and O–H groups in total. The van der Waals surface area contributed by atoms with Crippen LogP contribution in [-0.2, 0) is 19.6 Å². The monoisotopic (exact) mass is 388 g/mol. The van der Waals surface area contributed by atoms with Gasteiger partial charge in [-0.05, 0) is 38.0 Å². The van der Waals surface area contributed by atoms with Gasteiger partial charge >= 0.3 is 0 Å². The summed E-state index contributed by atoms with van der Waals surface area (Å²) >= 11 is 0. The van der Waals surface area contributed by atoms with E-state index in [0.717, 1.165) is 12.1 Å². The maximum atomic E-state index is 13.5. The normalized spacial score (nSPS) is 17.7. The highest BCUT2D eigenvalue weighted by molar-refractivity contribution is 7.89. The number of hydrogen-bond donors (Lipinski definition) is 1. The molecule has 2 rings (SSSR count). The molecule has 0 spiro atoms. The van der Waals surface area contributed by atoms with E-state index in [1.54, 1.807) is 7.11 Å². The van der Waals surface area contributed by atoms with Crippen LogP contribution in [0.3, 0.4) is 0 Å². The van der Waals surface area contributed by atoms with E-state index in [1.807, 2.05) is 6.92 Å². The lowest BCUT2D eigenvalue weighted by molar-refractivity contribution is -0.127. The number of nitrogens with one attached hydrogen (secondary N) is 1. The number of ether oxygens (including phenoxy) is 2. The SMILES string of the molecule is COC[C@H](C)NC(=O)C1CCN(S(=O)(=O)c2cc(F)ccc2OC)CC1. The second-order valence-electron chi connectivity index (χ2n) is 6.34. The maximum absolute atomic E-state index is 13.5. The lowest BCUT2D eigenvalue weighted by atomic mass is 9.97. The van der Waals surface area contributed by atoms with Crippen LogP contribution < -0.4 is 10.1 Å². The highest BCUT2D eigenvalue weighted by atomic mass is 32.2. The molecule has 0 unspecified atom stereocenters. The van der Waals surface area contributed by atoms with Gasteiger partial charge in [0.2, 0.25) is 15.9 Å². The van der Waals surface area contributed by atoms with Crippen LogP contribution in [-0.4, -0.2) is 58.6 Å². The van der Waals surface area contributed by atoms with Gasteiger partial charge in [-0.3, -0.25) is 4.79 Å². The minimum Gasteiger partial charge on any atom is -0.495 e. The summed E-state index contributed by atoms with van der Waals surface area (Å²) in [5, 5.41) is 2.86. The first kappa shape index (κ1) is 20.6. The fourth-order valence-corrected chi connectivity index (χ4v) is 4.64. The zero-order valence-corrected chi connectivity index (χ0v) is 16.0. The van der Waals surface area contributed by atoms with Crippen molar-refractivity contribution in [2.24, 2.45) is 5.92 Å². The number of nitrogens with zero attached hydrogens (tertiary/aromatic N) is 1. The Kier molecular flexibility index (Phi) is 6.96. The third kappa shape index (κ3) is 4.72. The van der Waals surface area contributed by atoms with Crippen molar-refractivity contribution in [1.82, 2.24) is 9.62 Å². The molecule has 1 heterocycles. The Morgan fingerprint density at radius 1 is 1.35 bits per heavy atom. The Labute approximate surface area is 153 Å². The van der Waals surface area contributed by atoms with Crippen LogP contribution in [0.25, 0.3) is 0 Å². The summed E-state index contributed by atoms with van der Waals surface area (Å²) in [6.45, 7) is 2.65. The van der Waals surface area contributed by atoms with Crippen LogP contribution in [0.5, 0.6) is 5.75 Å². The second-order valence-corrected chi connectivity index (χ2v) is 8.24. The van der Waals surface area contributed by atoms with Crippen molar-refractivity contribution in [2.75, 3.05) is 33.9 Å². The summed E-state index contributed by atoms with van der Waals surface area (Å²) in [7, 11) is -0.992. The summed E-state index contributed by atoms with van der Waals surface area (Å²) in [4.78, 5) is 12.1. The molecule has 1 aliphatic rings. The Hall–Kier alpha value is -1.71. The number of amides is 1. The van der Waals surface area contributed by atoms with Crippen molar-refractivity contribution in [1.29, 1.82) is 0 Å². The number of methoxy groups -OCH3 is 2. The molecular formula is C17H25FN2O5S. The van der Waals surface area contributed by atoms with E-state index in [1.165, 1.54) is 17.5 Å². The maximum Gasteiger partial charge on any atom is 0.246 e. The number of sulfonamides is 1. The largest absolute Gasteiger partial charge is 0.495 e. The van der Waals surface area contributed by atoms with Crippen molar-refractivity contribution in [3.8, 4) is 5.75 Å². The smallest absolute Gasteiger partial charge is 0.246 e. The molecule has 26 heavy (non-hydrogen) atoms. The molecule has 1 fully saturated rings. The Balaban J connectivity index is 2.05. The molecule has 0 saturated carbocycles. The molecule has 146 valence electrons. The van der Waals surface area contributed by atoms with Gasteiger partial charge in [0, 0.05) is 32.2 Å². The van der Waals surface area contributed by atoms with E-state index in [-0.39, 0.29) is 41.6 Å². The number of rotatable bonds is 7. The average Bonchev–Trinajstić information content (AvgIpc) is 2.62. The summed E-state index contributed by atoms with van der Waals surface area (Å²) in [5.74, 6) is -0.907. The number of halogens is 1. The van der Waals surface area contributed by atoms with Crippen molar-refractivity contribution in [3.05, 3.63) is 24.0 Å². The minimum atomic E-state index is -3.89. The Morgan fingerprint density at radius 2 is 2.00 bits per heavy atom. The number of hydrogen-bond acceptors (Lipinski definition) is 5. The van der Waals surface area contributed by atoms with Gasteiger partial charge in [-0.25, -0.2) is 12.8 Å². The molecule has 1 aliphatic heterocycles.